The fraction of sp³-hybridized carbons (Fsp3) is 0.312. The van der Waals surface area contributed by atoms with Crippen molar-refractivity contribution < 1.29 is 0 Å². The zero-order chi connectivity index (χ0) is 14.2. The van der Waals surface area contributed by atoms with E-state index in [0.29, 0.717) is 5.25 Å². The van der Waals surface area contributed by atoms with Crippen molar-refractivity contribution in [2.75, 3.05) is 6.54 Å². The molecule has 0 aromatic carbocycles. The van der Waals surface area contributed by atoms with Crippen molar-refractivity contribution in [1.82, 2.24) is 14.9 Å². The smallest absolute Gasteiger partial charge is 0.160 e. The minimum atomic E-state index is 0.0606. The Morgan fingerprint density at radius 3 is 2.90 bits per heavy atom. The molecule has 1 fully saturated rings. The van der Waals surface area contributed by atoms with Gasteiger partial charge in [-0.05, 0) is 23.8 Å². The minimum Gasteiger partial charge on any atom is -0.341 e. The van der Waals surface area contributed by atoms with Gasteiger partial charge in [0.1, 0.15) is 6.04 Å². The van der Waals surface area contributed by atoms with Gasteiger partial charge in [0, 0.05) is 30.4 Å². The van der Waals surface area contributed by atoms with Crippen LogP contribution in [0.3, 0.4) is 0 Å². The average Bonchev–Trinajstić information content (AvgIpc) is 3.05. The van der Waals surface area contributed by atoms with Gasteiger partial charge in [0.25, 0.3) is 0 Å². The third-order valence-corrected chi connectivity index (χ3v) is 5.01. The predicted octanol–water partition coefficient (Wildman–Crippen LogP) is 3.07. The summed E-state index contributed by atoms with van der Waals surface area (Å²) in [4.78, 5) is 16.2. The Kier molecular flexibility index (Phi) is 3.15. The molecule has 0 radical (unpaired) electrons. The molecule has 2 aliphatic heterocycles. The van der Waals surface area contributed by atoms with Gasteiger partial charge in [-0.1, -0.05) is 30.8 Å². The van der Waals surface area contributed by atoms with E-state index >= 15 is 0 Å². The monoisotopic (exact) mass is 296 g/mol. The fourth-order valence-corrected chi connectivity index (χ4v) is 4.12. The van der Waals surface area contributed by atoms with Crippen LogP contribution in [0.15, 0.2) is 53.9 Å². The van der Waals surface area contributed by atoms with Crippen LogP contribution in [-0.4, -0.2) is 31.8 Å². The standard InChI is InChI=1S/C16H16N4S/c1-11-10-20-15(12-5-4-7-17-9-12)14(19-16(20)21-11)13-6-2-3-8-18-13/h2-9,11,14-15H,10H2,1H3. The Balaban J connectivity index is 1.77. The normalized spacial score (nSPS) is 27.6. The molecule has 2 aromatic rings. The highest BCUT2D eigenvalue weighted by molar-refractivity contribution is 8.14. The molecule has 2 aliphatic rings. The zero-order valence-corrected chi connectivity index (χ0v) is 12.6. The summed E-state index contributed by atoms with van der Waals surface area (Å²) in [7, 11) is 0. The maximum absolute atomic E-state index is 4.94. The van der Waals surface area contributed by atoms with Crippen molar-refractivity contribution in [2.24, 2.45) is 4.99 Å². The van der Waals surface area contributed by atoms with Crippen molar-refractivity contribution in [3.05, 3.63) is 60.2 Å². The van der Waals surface area contributed by atoms with Crippen molar-refractivity contribution in [2.45, 2.75) is 24.3 Å². The quantitative estimate of drug-likeness (QED) is 0.854. The maximum Gasteiger partial charge on any atom is 0.160 e. The molecule has 0 spiro atoms. The molecule has 2 aromatic heterocycles. The third-order valence-electron chi connectivity index (χ3n) is 3.91. The van der Waals surface area contributed by atoms with Gasteiger partial charge < -0.3 is 4.90 Å². The van der Waals surface area contributed by atoms with Crippen LogP contribution in [0.25, 0.3) is 0 Å². The molecule has 4 nitrogen and oxygen atoms in total. The first-order valence-corrected chi connectivity index (χ1v) is 8.03. The largest absolute Gasteiger partial charge is 0.341 e. The van der Waals surface area contributed by atoms with Gasteiger partial charge in [0.15, 0.2) is 5.17 Å². The van der Waals surface area contributed by atoms with Crippen molar-refractivity contribution >= 4 is 16.9 Å². The number of pyridine rings is 2. The topological polar surface area (TPSA) is 41.4 Å². The SMILES string of the molecule is CC1CN2C(=NC(c3ccccn3)C2c2cccnc2)S1. The summed E-state index contributed by atoms with van der Waals surface area (Å²) in [6, 6.07) is 10.4. The number of hydrogen-bond acceptors (Lipinski definition) is 5. The fourth-order valence-electron chi connectivity index (χ4n) is 3.03. The molecule has 21 heavy (non-hydrogen) atoms. The van der Waals surface area contributed by atoms with Crippen molar-refractivity contribution in [3.8, 4) is 0 Å². The van der Waals surface area contributed by atoms with E-state index in [4.69, 9.17) is 4.99 Å². The third kappa shape index (κ3) is 2.21. The molecule has 5 heteroatoms. The van der Waals surface area contributed by atoms with Gasteiger partial charge in [-0.25, -0.2) is 0 Å². The molecular formula is C16H16N4S. The lowest BCUT2D eigenvalue weighted by atomic mass is 9.98. The highest BCUT2D eigenvalue weighted by atomic mass is 32.2. The number of hydrogen-bond donors (Lipinski definition) is 0. The summed E-state index contributed by atoms with van der Waals surface area (Å²) < 4.78 is 0. The first-order chi connectivity index (χ1) is 10.3. The Hall–Kier alpha value is -1.88. The second-order valence-corrected chi connectivity index (χ2v) is 6.83. The van der Waals surface area contributed by atoms with Gasteiger partial charge in [-0.2, -0.15) is 0 Å². The highest BCUT2D eigenvalue weighted by Crippen LogP contribution is 2.47. The molecular weight excluding hydrogens is 280 g/mol. The number of fused-ring (bicyclic) bond motifs is 1. The maximum atomic E-state index is 4.94. The number of nitrogens with zero attached hydrogens (tertiary/aromatic N) is 4. The Bertz CT molecular complexity index is 658. The van der Waals surface area contributed by atoms with Crippen LogP contribution in [0.4, 0.5) is 0 Å². The van der Waals surface area contributed by atoms with Crippen LogP contribution in [0, 0.1) is 0 Å². The van der Waals surface area contributed by atoms with E-state index in [-0.39, 0.29) is 12.1 Å². The number of aliphatic imine (C=N–C) groups is 1. The van der Waals surface area contributed by atoms with Crippen LogP contribution in [-0.2, 0) is 0 Å². The highest BCUT2D eigenvalue weighted by Gasteiger charge is 2.43. The van der Waals surface area contributed by atoms with E-state index in [1.807, 2.05) is 48.6 Å². The summed E-state index contributed by atoms with van der Waals surface area (Å²) in [5, 5.41) is 1.74. The molecule has 0 aliphatic carbocycles. The van der Waals surface area contributed by atoms with E-state index in [9.17, 15) is 0 Å². The Morgan fingerprint density at radius 2 is 2.14 bits per heavy atom. The molecule has 4 rings (SSSR count). The van der Waals surface area contributed by atoms with E-state index in [2.05, 4.69) is 33.9 Å². The van der Waals surface area contributed by atoms with Gasteiger partial charge in [-0.3, -0.25) is 15.0 Å². The van der Waals surface area contributed by atoms with Crippen LogP contribution in [0.2, 0.25) is 0 Å². The molecule has 3 unspecified atom stereocenters. The summed E-state index contributed by atoms with van der Waals surface area (Å²) in [5.41, 5.74) is 2.24. The zero-order valence-electron chi connectivity index (χ0n) is 11.8. The van der Waals surface area contributed by atoms with Crippen molar-refractivity contribution in [1.29, 1.82) is 0 Å². The second-order valence-electron chi connectivity index (χ2n) is 5.42. The molecule has 3 atom stereocenters. The lowest BCUT2D eigenvalue weighted by molar-refractivity contribution is 0.320. The first kappa shape index (κ1) is 12.8. The van der Waals surface area contributed by atoms with E-state index in [1.165, 1.54) is 5.56 Å². The molecule has 4 heterocycles. The van der Waals surface area contributed by atoms with Crippen LogP contribution in [0.1, 0.15) is 30.3 Å². The Morgan fingerprint density at radius 1 is 1.19 bits per heavy atom. The lowest BCUT2D eigenvalue weighted by Crippen LogP contribution is -2.28. The van der Waals surface area contributed by atoms with Crippen molar-refractivity contribution in [3.63, 3.8) is 0 Å². The number of rotatable bonds is 2. The average molecular weight is 296 g/mol. The summed E-state index contributed by atoms with van der Waals surface area (Å²) >= 11 is 1.86. The number of amidine groups is 1. The van der Waals surface area contributed by atoms with Gasteiger partial charge in [-0.15, -0.1) is 0 Å². The summed E-state index contributed by atoms with van der Waals surface area (Å²) in [6.45, 7) is 3.29. The van der Waals surface area contributed by atoms with Crippen LogP contribution in [0.5, 0.6) is 0 Å². The molecule has 1 saturated heterocycles. The summed E-state index contributed by atoms with van der Waals surface area (Å²) in [5.74, 6) is 0. The van der Waals surface area contributed by atoms with Crippen LogP contribution >= 0.6 is 11.8 Å². The van der Waals surface area contributed by atoms with Gasteiger partial charge in [0.05, 0.1) is 11.7 Å². The molecule has 0 saturated carbocycles. The second kappa shape index (κ2) is 5.15. The minimum absolute atomic E-state index is 0.0606. The molecule has 0 bridgehead atoms. The van der Waals surface area contributed by atoms with Gasteiger partial charge in [0.2, 0.25) is 0 Å². The predicted molar refractivity (Wildman–Crippen MR) is 85.2 cm³/mol. The number of aromatic nitrogens is 2. The lowest BCUT2D eigenvalue weighted by Gasteiger charge is -2.26. The van der Waals surface area contributed by atoms with Crippen LogP contribution < -0.4 is 0 Å². The summed E-state index contributed by atoms with van der Waals surface area (Å²) in [6.07, 6.45) is 5.61. The number of thioether (sulfide) groups is 1. The van der Waals surface area contributed by atoms with E-state index in [0.717, 1.165) is 17.4 Å². The Labute approximate surface area is 128 Å². The van der Waals surface area contributed by atoms with E-state index < -0.39 is 0 Å². The molecule has 106 valence electrons. The molecule has 0 N–H and O–H groups in total. The van der Waals surface area contributed by atoms with E-state index in [1.54, 1.807) is 0 Å². The first-order valence-electron chi connectivity index (χ1n) is 7.15. The molecule has 0 amide bonds. The van der Waals surface area contributed by atoms with Gasteiger partial charge >= 0.3 is 0 Å².